The Bertz CT molecular complexity index is 749. The largest absolute Gasteiger partial charge is 0.475 e. The molecule has 0 amide bonds. The fraction of sp³-hybridized carbons (Fsp3) is 0.200. The van der Waals surface area contributed by atoms with E-state index in [2.05, 4.69) is 30.8 Å². The van der Waals surface area contributed by atoms with Gasteiger partial charge in [-0.3, -0.25) is 9.82 Å². The molecular formula is C10H10BrN3O5S. The number of aromatic amines is 1. The monoisotopic (exact) mass is 363 g/mol. The molecule has 2 heterocycles. The van der Waals surface area contributed by atoms with E-state index in [1.807, 2.05) is 6.92 Å². The highest BCUT2D eigenvalue weighted by Crippen LogP contribution is 2.27. The van der Waals surface area contributed by atoms with E-state index in [-0.39, 0.29) is 15.4 Å². The number of halogens is 1. The van der Waals surface area contributed by atoms with E-state index in [1.165, 1.54) is 0 Å². The van der Waals surface area contributed by atoms with Gasteiger partial charge in [-0.2, -0.15) is 5.10 Å². The molecule has 3 N–H and O–H groups in total. The van der Waals surface area contributed by atoms with Gasteiger partial charge in [-0.25, -0.2) is 13.2 Å². The lowest BCUT2D eigenvalue weighted by Crippen LogP contribution is -2.13. The summed E-state index contributed by atoms with van der Waals surface area (Å²) >= 11 is 2.88. The maximum atomic E-state index is 12.1. The fourth-order valence-electron chi connectivity index (χ4n) is 1.43. The molecular weight excluding hydrogens is 354 g/mol. The number of hydrogen-bond acceptors (Lipinski definition) is 5. The van der Waals surface area contributed by atoms with Crippen LogP contribution in [0.25, 0.3) is 0 Å². The lowest BCUT2D eigenvalue weighted by Gasteiger charge is -2.02. The van der Waals surface area contributed by atoms with Gasteiger partial charge in [0.1, 0.15) is 4.90 Å². The number of carbonyl (C=O) groups is 1. The first kappa shape index (κ1) is 14.6. The van der Waals surface area contributed by atoms with Crippen molar-refractivity contribution < 1.29 is 22.7 Å². The summed E-state index contributed by atoms with van der Waals surface area (Å²) in [5, 5.41) is 15.2. The number of aromatic carboxylic acids is 1. The van der Waals surface area contributed by atoms with Crippen LogP contribution >= 0.6 is 15.9 Å². The highest BCUT2D eigenvalue weighted by atomic mass is 79.9. The fourth-order valence-corrected chi connectivity index (χ4v) is 3.36. The number of H-pyrrole nitrogens is 1. The van der Waals surface area contributed by atoms with E-state index in [9.17, 15) is 13.2 Å². The molecule has 0 spiro atoms. The molecule has 0 atom stereocenters. The van der Waals surface area contributed by atoms with Crippen LogP contribution in [0.3, 0.4) is 0 Å². The van der Waals surface area contributed by atoms with E-state index in [4.69, 9.17) is 9.52 Å². The third-order valence-corrected chi connectivity index (χ3v) is 4.62. The molecule has 0 bridgehead atoms. The second-order valence-corrected chi connectivity index (χ2v) is 6.16. The van der Waals surface area contributed by atoms with Crippen LogP contribution in [0.15, 0.2) is 26.1 Å². The maximum Gasteiger partial charge on any atom is 0.371 e. The van der Waals surface area contributed by atoms with Crippen molar-refractivity contribution >= 4 is 37.7 Å². The third kappa shape index (κ3) is 2.85. The normalized spacial score (nSPS) is 11.5. The van der Waals surface area contributed by atoms with Gasteiger partial charge < -0.3 is 9.52 Å². The molecule has 0 aromatic carbocycles. The zero-order valence-corrected chi connectivity index (χ0v) is 12.6. The lowest BCUT2D eigenvalue weighted by atomic mass is 10.3. The van der Waals surface area contributed by atoms with Crippen LogP contribution in [0.4, 0.5) is 5.82 Å². The Morgan fingerprint density at radius 3 is 2.75 bits per heavy atom. The number of aromatic nitrogens is 2. The lowest BCUT2D eigenvalue weighted by molar-refractivity contribution is 0.0661. The second-order valence-electron chi connectivity index (χ2n) is 3.79. The van der Waals surface area contributed by atoms with Crippen molar-refractivity contribution in [1.82, 2.24) is 10.2 Å². The standard InChI is InChI=1S/C10H10BrN3O5S/c1-2-5-3-8(13-12-5)14-20(17,18)7-4-6(10(15)16)19-9(7)11/h3-4H,2H2,1H3,(H,15,16)(H2,12,13,14). The smallest absolute Gasteiger partial charge is 0.371 e. The van der Waals surface area contributed by atoms with Crippen molar-refractivity contribution in [2.75, 3.05) is 4.72 Å². The van der Waals surface area contributed by atoms with Crippen molar-refractivity contribution in [2.45, 2.75) is 18.2 Å². The maximum absolute atomic E-state index is 12.1. The van der Waals surface area contributed by atoms with Crippen LogP contribution in [0.1, 0.15) is 23.2 Å². The Kier molecular flexibility index (Phi) is 3.86. The number of carboxylic acid groups (broad SMARTS) is 1. The molecule has 0 unspecified atom stereocenters. The van der Waals surface area contributed by atoms with Crippen LogP contribution in [0, 0.1) is 0 Å². The minimum atomic E-state index is -3.99. The molecule has 108 valence electrons. The SMILES string of the molecule is CCc1cc(NS(=O)(=O)c2cc(C(=O)O)oc2Br)n[nH]1. The van der Waals surface area contributed by atoms with Crippen LogP contribution in [-0.2, 0) is 16.4 Å². The van der Waals surface area contributed by atoms with Gasteiger partial charge in [0.15, 0.2) is 10.5 Å². The summed E-state index contributed by atoms with van der Waals surface area (Å²) in [7, 11) is -3.99. The van der Waals surface area contributed by atoms with Crippen LogP contribution in [0.5, 0.6) is 0 Å². The van der Waals surface area contributed by atoms with Gasteiger partial charge >= 0.3 is 5.97 Å². The summed E-state index contributed by atoms with van der Waals surface area (Å²) in [4.78, 5) is 10.4. The molecule has 20 heavy (non-hydrogen) atoms. The topological polar surface area (TPSA) is 125 Å². The summed E-state index contributed by atoms with van der Waals surface area (Å²) < 4.78 is 31.1. The van der Waals surface area contributed by atoms with E-state index in [1.54, 1.807) is 6.07 Å². The van der Waals surface area contributed by atoms with Crippen molar-refractivity contribution in [2.24, 2.45) is 0 Å². The van der Waals surface area contributed by atoms with E-state index in [0.29, 0.717) is 6.42 Å². The Labute approximate surface area is 122 Å². The summed E-state index contributed by atoms with van der Waals surface area (Å²) in [5.41, 5.74) is 0.764. The molecule has 2 aromatic rings. The van der Waals surface area contributed by atoms with E-state index >= 15 is 0 Å². The first-order chi connectivity index (χ1) is 9.33. The van der Waals surface area contributed by atoms with Gasteiger partial charge in [-0.1, -0.05) is 6.92 Å². The molecule has 0 aliphatic heterocycles. The van der Waals surface area contributed by atoms with Crippen molar-refractivity contribution in [1.29, 1.82) is 0 Å². The Morgan fingerprint density at radius 2 is 2.25 bits per heavy atom. The number of nitrogens with one attached hydrogen (secondary N) is 2. The Hall–Kier alpha value is -1.81. The van der Waals surface area contributed by atoms with Gasteiger partial charge in [0.25, 0.3) is 10.0 Å². The third-order valence-electron chi connectivity index (χ3n) is 2.41. The Morgan fingerprint density at radius 1 is 1.55 bits per heavy atom. The molecule has 0 aliphatic carbocycles. The molecule has 0 saturated heterocycles. The number of anilines is 1. The minimum Gasteiger partial charge on any atom is -0.475 e. The van der Waals surface area contributed by atoms with Crippen LogP contribution in [-0.4, -0.2) is 29.7 Å². The van der Waals surface area contributed by atoms with Crippen molar-refractivity contribution in [3.63, 3.8) is 0 Å². The van der Waals surface area contributed by atoms with Gasteiger partial charge in [-0.05, 0) is 22.4 Å². The van der Waals surface area contributed by atoms with Crippen LogP contribution < -0.4 is 4.72 Å². The van der Waals surface area contributed by atoms with Gasteiger partial charge in [0.2, 0.25) is 5.76 Å². The first-order valence-corrected chi connectivity index (χ1v) is 7.71. The minimum absolute atomic E-state index is 0.117. The molecule has 2 rings (SSSR count). The van der Waals surface area contributed by atoms with Crippen molar-refractivity contribution in [3.05, 3.63) is 28.3 Å². The number of aryl methyl sites for hydroxylation is 1. The first-order valence-electron chi connectivity index (χ1n) is 5.43. The summed E-state index contributed by atoms with van der Waals surface area (Å²) in [6.07, 6.45) is 0.674. The molecule has 2 aromatic heterocycles. The van der Waals surface area contributed by atoms with Gasteiger partial charge in [-0.15, -0.1) is 0 Å². The average Bonchev–Trinajstić information content (AvgIpc) is 2.95. The zero-order valence-electron chi connectivity index (χ0n) is 10.2. The summed E-state index contributed by atoms with van der Waals surface area (Å²) in [5.74, 6) is -1.72. The molecule has 0 aliphatic rings. The van der Waals surface area contributed by atoms with Crippen LogP contribution in [0.2, 0.25) is 0 Å². The average molecular weight is 364 g/mol. The van der Waals surface area contributed by atoms with Crippen molar-refractivity contribution in [3.8, 4) is 0 Å². The number of furan rings is 1. The van der Waals surface area contributed by atoms with Gasteiger partial charge in [0, 0.05) is 17.8 Å². The van der Waals surface area contributed by atoms with E-state index in [0.717, 1.165) is 11.8 Å². The Balaban J connectivity index is 2.32. The highest BCUT2D eigenvalue weighted by Gasteiger charge is 2.25. The molecule has 0 radical (unpaired) electrons. The molecule has 8 nitrogen and oxygen atoms in total. The number of nitrogens with zero attached hydrogens (tertiary/aromatic N) is 1. The molecule has 0 fully saturated rings. The number of carboxylic acids is 1. The number of hydrogen-bond donors (Lipinski definition) is 3. The number of sulfonamides is 1. The quantitative estimate of drug-likeness (QED) is 0.743. The summed E-state index contributed by atoms with van der Waals surface area (Å²) in [6, 6.07) is 2.46. The predicted octanol–water partition coefficient (Wildman–Crippen LogP) is 1.83. The predicted molar refractivity (Wildman–Crippen MR) is 72.1 cm³/mol. The van der Waals surface area contributed by atoms with Gasteiger partial charge in [0.05, 0.1) is 0 Å². The summed E-state index contributed by atoms with van der Waals surface area (Å²) in [6.45, 7) is 1.89. The highest BCUT2D eigenvalue weighted by molar-refractivity contribution is 9.10. The zero-order chi connectivity index (χ0) is 14.9. The van der Waals surface area contributed by atoms with E-state index < -0.39 is 21.8 Å². The molecule has 0 saturated carbocycles. The number of rotatable bonds is 5. The molecule has 10 heteroatoms. The second kappa shape index (κ2) is 5.29.